The highest BCUT2D eigenvalue weighted by atomic mass is 19.1. The molecular weight excluding hydrogens is 320 g/mol. The van der Waals surface area contributed by atoms with E-state index in [1.807, 2.05) is 16.8 Å². The highest BCUT2D eigenvalue weighted by Gasteiger charge is 2.27. The van der Waals surface area contributed by atoms with Gasteiger partial charge >= 0.3 is 0 Å². The third-order valence-corrected chi connectivity index (χ3v) is 4.83. The lowest BCUT2D eigenvalue weighted by molar-refractivity contribution is 0.144. The van der Waals surface area contributed by atoms with Crippen molar-refractivity contribution in [2.45, 2.75) is 32.1 Å². The Labute approximate surface area is 145 Å². The van der Waals surface area contributed by atoms with Gasteiger partial charge in [-0.1, -0.05) is 30.3 Å². The Kier molecular flexibility index (Phi) is 4.32. The fourth-order valence-electron chi connectivity index (χ4n) is 3.51. The zero-order valence-electron chi connectivity index (χ0n) is 13.8. The van der Waals surface area contributed by atoms with Crippen LogP contribution in [0.2, 0.25) is 0 Å². The minimum atomic E-state index is -0.541. The van der Waals surface area contributed by atoms with Crippen LogP contribution in [0.1, 0.15) is 16.7 Å². The fraction of sp³-hybridized carbons (Fsp3) is 0.250. The molecular formula is C20H19F2N3. The van der Waals surface area contributed by atoms with Gasteiger partial charge in [0.1, 0.15) is 11.6 Å². The molecule has 0 radical (unpaired) electrons. The average molecular weight is 339 g/mol. The second-order valence-electron chi connectivity index (χ2n) is 6.53. The topological polar surface area (TPSA) is 21.1 Å². The van der Waals surface area contributed by atoms with Crippen LogP contribution in [0.5, 0.6) is 0 Å². The number of nitrogens with zero attached hydrogens (tertiary/aromatic N) is 3. The predicted molar refractivity (Wildman–Crippen MR) is 91.8 cm³/mol. The lowest BCUT2D eigenvalue weighted by atomic mass is 9.93. The Hall–Kier alpha value is -2.53. The predicted octanol–water partition coefficient (Wildman–Crippen LogP) is 3.79. The average Bonchev–Trinajstić information content (AvgIpc) is 3.11. The SMILES string of the molecule is Fc1ccc(CN2Cc3ccccc3CC2Cn2ccnc2)c(F)c1. The van der Waals surface area contributed by atoms with E-state index in [4.69, 9.17) is 0 Å². The number of halogens is 2. The van der Waals surface area contributed by atoms with E-state index < -0.39 is 11.6 Å². The molecule has 0 bridgehead atoms. The minimum absolute atomic E-state index is 0.230. The Balaban J connectivity index is 1.62. The van der Waals surface area contributed by atoms with Crippen LogP contribution < -0.4 is 0 Å². The van der Waals surface area contributed by atoms with Crippen molar-refractivity contribution in [3.63, 3.8) is 0 Å². The van der Waals surface area contributed by atoms with E-state index in [1.165, 1.54) is 17.2 Å². The maximum absolute atomic E-state index is 14.1. The molecule has 0 saturated carbocycles. The van der Waals surface area contributed by atoms with Crippen LogP contribution in [0.15, 0.2) is 61.2 Å². The van der Waals surface area contributed by atoms with Crippen LogP contribution in [0.4, 0.5) is 8.78 Å². The van der Waals surface area contributed by atoms with Gasteiger partial charge in [0.05, 0.1) is 6.33 Å². The molecule has 4 rings (SSSR count). The first-order chi connectivity index (χ1) is 12.2. The van der Waals surface area contributed by atoms with Gasteiger partial charge in [0.15, 0.2) is 0 Å². The van der Waals surface area contributed by atoms with Crippen LogP contribution in [0.3, 0.4) is 0 Å². The van der Waals surface area contributed by atoms with Crippen molar-refractivity contribution in [2.75, 3.05) is 0 Å². The van der Waals surface area contributed by atoms with Crippen molar-refractivity contribution < 1.29 is 8.78 Å². The second kappa shape index (κ2) is 6.76. The van der Waals surface area contributed by atoms with Gasteiger partial charge in [-0.3, -0.25) is 4.90 Å². The molecule has 1 aliphatic heterocycles. The molecule has 1 aliphatic rings. The van der Waals surface area contributed by atoms with Crippen LogP contribution >= 0.6 is 0 Å². The summed E-state index contributed by atoms with van der Waals surface area (Å²) in [5.74, 6) is -1.03. The van der Waals surface area contributed by atoms with E-state index in [2.05, 4.69) is 28.1 Å². The minimum Gasteiger partial charge on any atom is -0.336 e. The summed E-state index contributed by atoms with van der Waals surface area (Å²) in [7, 11) is 0. The second-order valence-corrected chi connectivity index (χ2v) is 6.53. The highest BCUT2D eigenvalue weighted by Crippen LogP contribution is 2.26. The van der Waals surface area contributed by atoms with Gasteiger partial charge in [0.2, 0.25) is 0 Å². The lowest BCUT2D eigenvalue weighted by Crippen LogP contribution is -2.42. The van der Waals surface area contributed by atoms with Crippen molar-refractivity contribution in [3.05, 3.63) is 89.5 Å². The number of imidazole rings is 1. The quantitative estimate of drug-likeness (QED) is 0.721. The first kappa shape index (κ1) is 16.0. The molecule has 5 heteroatoms. The molecule has 0 saturated heterocycles. The lowest BCUT2D eigenvalue weighted by Gasteiger charge is -2.37. The highest BCUT2D eigenvalue weighted by molar-refractivity contribution is 5.30. The van der Waals surface area contributed by atoms with Gasteiger partial charge < -0.3 is 4.57 Å². The van der Waals surface area contributed by atoms with Crippen molar-refractivity contribution in [2.24, 2.45) is 0 Å². The van der Waals surface area contributed by atoms with Gasteiger partial charge in [0.25, 0.3) is 0 Å². The summed E-state index contributed by atoms with van der Waals surface area (Å²) in [6.45, 7) is 2.00. The third kappa shape index (κ3) is 3.46. The summed E-state index contributed by atoms with van der Waals surface area (Å²) in [5, 5.41) is 0. The summed E-state index contributed by atoms with van der Waals surface area (Å²) >= 11 is 0. The van der Waals surface area contributed by atoms with Crippen molar-refractivity contribution in [1.29, 1.82) is 0 Å². The van der Waals surface area contributed by atoms with Gasteiger partial charge in [-0.2, -0.15) is 0 Å². The largest absolute Gasteiger partial charge is 0.336 e. The van der Waals surface area contributed by atoms with Crippen molar-refractivity contribution in [3.8, 4) is 0 Å². The summed E-state index contributed by atoms with van der Waals surface area (Å²) in [6, 6.07) is 12.4. The summed E-state index contributed by atoms with van der Waals surface area (Å²) < 4.78 is 29.4. The van der Waals surface area contributed by atoms with Crippen LogP contribution in [-0.2, 0) is 26.1 Å². The van der Waals surface area contributed by atoms with Gasteiger partial charge in [-0.25, -0.2) is 13.8 Å². The Morgan fingerprint density at radius 3 is 2.68 bits per heavy atom. The van der Waals surface area contributed by atoms with Crippen molar-refractivity contribution in [1.82, 2.24) is 14.5 Å². The number of hydrogen-bond acceptors (Lipinski definition) is 2. The summed E-state index contributed by atoms with van der Waals surface area (Å²) in [5.41, 5.74) is 3.13. The van der Waals surface area contributed by atoms with Gasteiger partial charge in [-0.15, -0.1) is 0 Å². The number of hydrogen-bond donors (Lipinski definition) is 0. The molecule has 0 fully saturated rings. The fourth-order valence-corrected chi connectivity index (χ4v) is 3.51. The molecule has 0 aliphatic carbocycles. The molecule has 2 heterocycles. The molecule has 25 heavy (non-hydrogen) atoms. The molecule has 128 valence electrons. The number of aromatic nitrogens is 2. The first-order valence-electron chi connectivity index (χ1n) is 8.39. The van der Waals surface area contributed by atoms with Crippen LogP contribution in [0.25, 0.3) is 0 Å². The smallest absolute Gasteiger partial charge is 0.130 e. The summed E-state index contributed by atoms with van der Waals surface area (Å²) in [6.07, 6.45) is 6.41. The van der Waals surface area contributed by atoms with Crippen molar-refractivity contribution >= 4 is 0 Å². The molecule has 3 nitrogen and oxygen atoms in total. The molecule has 3 aromatic rings. The van der Waals surface area contributed by atoms with E-state index in [1.54, 1.807) is 18.6 Å². The van der Waals surface area contributed by atoms with Gasteiger partial charge in [0, 0.05) is 49.7 Å². The molecule has 0 amide bonds. The number of benzene rings is 2. The molecule has 1 aromatic heterocycles. The monoisotopic (exact) mass is 339 g/mol. The van der Waals surface area contributed by atoms with E-state index in [0.29, 0.717) is 12.1 Å². The standard InChI is InChI=1S/C20H19F2N3/c21-18-6-5-17(20(22)10-18)12-25-11-16-4-2-1-3-15(16)9-19(25)13-24-8-7-23-14-24/h1-8,10,14,19H,9,11-13H2. The molecule has 1 unspecified atom stereocenters. The maximum Gasteiger partial charge on any atom is 0.130 e. The zero-order chi connectivity index (χ0) is 17.2. The van der Waals surface area contributed by atoms with E-state index in [0.717, 1.165) is 25.6 Å². The molecule has 2 aromatic carbocycles. The Bertz CT molecular complexity index is 861. The van der Waals surface area contributed by atoms with Gasteiger partial charge in [-0.05, 0) is 23.6 Å². The number of rotatable bonds is 4. The molecule has 0 spiro atoms. The Morgan fingerprint density at radius 2 is 1.92 bits per heavy atom. The third-order valence-electron chi connectivity index (χ3n) is 4.83. The van der Waals surface area contributed by atoms with E-state index >= 15 is 0 Å². The first-order valence-corrected chi connectivity index (χ1v) is 8.39. The summed E-state index contributed by atoms with van der Waals surface area (Å²) in [4.78, 5) is 6.37. The number of fused-ring (bicyclic) bond motifs is 1. The van der Waals surface area contributed by atoms with Crippen LogP contribution in [0, 0.1) is 11.6 Å². The van der Waals surface area contributed by atoms with Crippen LogP contribution in [-0.4, -0.2) is 20.5 Å². The zero-order valence-corrected chi connectivity index (χ0v) is 13.8. The Morgan fingerprint density at radius 1 is 1.08 bits per heavy atom. The maximum atomic E-state index is 14.1. The molecule has 0 N–H and O–H groups in total. The van der Waals surface area contributed by atoms with E-state index in [9.17, 15) is 8.78 Å². The molecule has 1 atom stereocenters. The normalized spacial score (nSPS) is 17.4. The van der Waals surface area contributed by atoms with E-state index in [-0.39, 0.29) is 6.04 Å².